The van der Waals surface area contributed by atoms with Crippen molar-refractivity contribution in [1.82, 2.24) is 10.3 Å². The maximum atomic E-state index is 13.5. The normalized spacial score (nSPS) is 11.4. The largest absolute Gasteiger partial charge is 0.473 e. The number of anilines is 1. The van der Waals surface area contributed by atoms with Gasteiger partial charge in [-0.25, -0.2) is 13.2 Å². The summed E-state index contributed by atoms with van der Waals surface area (Å²) in [7, 11) is 0. The Kier molecular flexibility index (Phi) is 6.47. The monoisotopic (exact) mass is 398 g/mol. The van der Waals surface area contributed by atoms with Gasteiger partial charge in [-0.05, 0) is 41.1 Å². The Balaban J connectivity index is 1.92. The predicted octanol–water partition coefficient (Wildman–Crippen LogP) is 1.93. The summed E-state index contributed by atoms with van der Waals surface area (Å²) in [5.41, 5.74) is -0.603. The first-order chi connectivity index (χ1) is 13.2. The van der Waals surface area contributed by atoms with Crippen LogP contribution < -0.4 is 15.4 Å². The van der Waals surface area contributed by atoms with E-state index in [1.807, 2.05) is 5.32 Å². The fourth-order valence-electron chi connectivity index (χ4n) is 1.98. The zero-order valence-corrected chi connectivity index (χ0v) is 14.2. The standard InChI is InChI=1S/C16H13F3N4O5/c1-8(28-11-3-2-6-20-15(11)23(26)27)16(25)21-7-12(24)22-10-5-4-9(17)13(18)14(10)19/h2-6,8H,7H2,1H3,(H,21,25)(H,22,24)/t8-/m1/s1. The second-order valence-electron chi connectivity index (χ2n) is 5.33. The minimum absolute atomic E-state index is 0.247. The Bertz CT molecular complexity index is 925. The second kappa shape index (κ2) is 8.79. The van der Waals surface area contributed by atoms with Crippen LogP contribution in [0.3, 0.4) is 0 Å². The molecule has 0 radical (unpaired) electrons. The lowest BCUT2D eigenvalue weighted by molar-refractivity contribution is -0.390. The molecule has 1 aromatic carbocycles. The highest BCUT2D eigenvalue weighted by Gasteiger charge is 2.22. The third-order valence-electron chi connectivity index (χ3n) is 3.33. The van der Waals surface area contributed by atoms with Gasteiger partial charge in [0, 0.05) is 0 Å². The van der Waals surface area contributed by atoms with Crippen LogP contribution in [0.2, 0.25) is 0 Å². The molecule has 1 aromatic heterocycles. The molecule has 28 heavy (non-hydrogen) atoms. The van der Waals surface area contributed by atoms with Crippen molar-refractivity contribution in [2.45, 2.75) is 13.0 Å². The van der Waals surface area contributed by atoms with E-state index >= 15 is 0 Å². The predicted molar refractivity (Wildman–Crippen MR) is 88.9 cm³/mol. The smallest absolute Gasteiger partial charge is 0.406 e. The zero-order chi connectivity index (χ0) is 20.8. The first-order valence-electron chi connectivity index (χ1n) is 7.67. The molecule has 0 aliphatic carbocycles. The van der Waals surface area contributed by atoms with Gasteiger partial charge in [0.15, 0.2) is 23.6 Å². The zero-order valence-electron chi connectivity index (χ0n) is 14.2. The Morgan fingerprint density at radius 3 is 2.64 bits per heavy atom. The fourth-order valence-corrected chi connectivity index (χ4v) is 1.98. The number of carbonyl (C=O) groups excluding carboxylic acids is 2. The molecule has 2 rings (SSSR count). The van der Waals surface area contributed by atoms with E-state index in [4.69, 9.17) is 4.74 Å². The number of amides is 2. The van der Waals surface area contributed by atoms with E-state index in [1.54, 1.807) is 0 Å². The first-order valence-corrected chi connectivity index (χ1v) is 7.67. The highest BCUT2D eigenvalue weighted by Crippen LogP contribution is 2.24. The number of nitro groups is 1. The molecular formula is C16H13F3N4O5. The van der Waals surface area contributed by atoms with Crippen molar-refractivity contribution in [3.05, 3.63) is 58.0 Å². The van der Waals surface area contributed by atoms with E-state index in [0.717, 1.165) is 6.07 Å². The molecule has 148 valence electrons. The molecule has 12 heteroatoms. The molecule has 1 heterocycles. The van der Waals surface area contributed by atoms with E-state index in [2.05, 4.69) is 10.3 Å². The van der Waals surface area contributed by atoms with Crippen LogP contribution in [-0.2, 0) is 9.59 Å². The quantitative estimate of drug-likeness (QED) is 0.417. The van der Waals surface area contributed by atoms with Crippen LogP contribution in [0.1, 0.15) is 6.92 Å². The lowest BCUT2D eigenvalue weighted by atomic mass is 10.2. The average Bonchev–Trinajstić information content (AvgIpc) is 2.66. The number of nitrogens with zero attached hydrogens (tertiary/aromatic N) is 2. The van der Waals surface area contributed by atoms with Crippen LogP contribution in [0.25, 0.3) is 0 Å². The fraction of sp³-hybridized carbons (Fsp3) is 0.188. The van der Waals surface area contributed by atoms with Gasteiger partial charge in [0.1, 0.15) is 6.20 Å². The molecule has 0 aliphatic heterocycles. The number of halogens is 3. The Morgan fingerprint density at radius 1 is 1.25 bits per heavy atom. The maximum Gasteiger partial charge on any atom is 0.406 e. The minimum Gasteiger partial charge on any atom is -0.473 e. The van der Waals surface area contributed by atoms with Crippen LogP contribution in [0.15, 0.2) is 30.5 Å². The second-order valence-corrected chi connectivity index (χ2v) is 5.33. The summed E-state index contributed by atoms with van der Waals surface area (Å²) in [5.74, 6) is -7.31. The van der Waals surface area contributed by atoms with Crippen molar-refractivity contribution >= 4 is 23.3 Å². The van der Waals surface area contributed by atoms with Crippen molar-refractivity contribution < 1.29 is 32.4 Å². The molecular weight excluding hydrogens is 385 g/mol. The van der Waals surface area contributed by atoms with Crippen LogP contribution in [0, 0.1) is 27.6 Å². The Labute approximate surface area is 155 Å². The van der Waals surface area contributed by atoms with Gasteiger partial charge in [-0.3, -0.25) is 9.59 Å². The summed E-state index contributed by atoms with van der Waals surface area (Å²) < 4.78 is 44.6. The SMILES string of the molecule is C[C@@H](Oc1cccnc1[N+](=O)[O-])C(=O)NCC(=O)Nc1ccc(F)c(F)c1F. The van der Waals surface area contributed by atoms with E-state index in [9.17, 15) is 32.9 Å². The Morgan fingerprint density at radius 2 is 1.96 bits per heavy atom. The minimum atomic E-state index is -1.75. The third kappa shape index (κ3) is 4.93. The van der Waals surface area contributed by atoms with Gasteiger partial charge in [-0.1, -0.05) is 0 Å². The van der Waals surface area contributed by atoms with Crippen LogP contribution in [-0.4, -0.2) is 34.4 Å². The van der Waals surface area contributed by atoms with Crippen LogP contribution >= 0.6 is 0 Å². The number of hydrogen-bond acceptors (Lipinski definition) is 6. The van der Waals surface area contributed by atoms with Crippen LogP contribution in [0.5, 0.6) is 5.75 Å². The average molecular weight is 398 g/mol. The number of rotatable bonds is 7. The summed E-state index contributed by atoms with van der Waals surface area (Å²) in [5, 5.41) is 15.0. The van der Waals surface area contributed by atoms with E-state index in [0.29, 0.717) is 6.07 Å². The van der Waals surface area contributed by atoms with Gasteiger partial charge in [0.2, 0.25) is 11.7 Å². The van der Waals surface area contributed by atoms with Crippen molar-refractivity contribution in [2.75, 3.05) is 11.9 Å². The van der Waals surface area contributed by atoms with Crippen molar-refractivity contribution in [1.29, 1.82) is 0 Å². The molecule has 2 aromatic rings. The molecule has 0 spiro atoms. The number of pyridine rings is 1. The number of hydrogen-bond donors (Lipinski definition) is 2. The van der Waals surface area contributed by atoms with Crippen molar-refractivity contribution in [3.63, 3.8) is 0 Å². The summed E-state index contributed by atoms with van der Waals surface area (Å²) in [4.78, 5) is 37.3. The Hall–Kier alpha value is -3.70. The third-order valence-corrected chi connectivity index (χ3v) is 3.33. The topological polar surface area (TPSA) is 123 Å². The molecule has 9 nitrogen and oxygen atoms in total. The van der Waals surface area contributed by atoms with Gasteiger partial charge in [-0.15, -0.1) is 0 Å². The number of ether oxygens (including phenoxy) is 1. The highest BCUT2D eigenvalue weighted by molar-refractivity contribution is 5.95. The number of benzene rings is 1. The van der Waals surface area contributed by atoms with E-state index in [-0.39, 0.29) is 5.75 Å². The van der Waals surface area contributed by atoms with E-state index in [1.165, 1.54) is 25.3 Å². The lowest BCUT2D eigenvalue weighted by Crippen LogP contribution is -2.40. The molecule has 0 saturated heterocycles. The van der Waals surface area contributed by atoms with Gasteiger partial charge >= 0.3 is 5.82 Å². The van der Waals surface area contributed by atoms with Gasteiger partial charge in [-0.2, -0.15) is 0 Å². The first kappa shape index (κ1) is 20.6. The number of nitrogens with one attached hydrogen (secondary N) is 2. The molecule has 0 saturated carbocycles. The van der Waals surface area contributed by atoms with Crippen LogP contribution in [0.4, 0.5) is 24.7 Å². The van der Waals surface area contributed by atoms with Gasteiger partial charge in [0.05, 0.1) is 12.2 Å². The molecule has 1 atom stereocenters. The van der Waals surface area contributed by atoms with Crippen molar-refractivity contribution in [3.8, 4) is 5.75 Å². The van der Waals surface area contributed by atoms with Crippen molar-refractivity contribution in [2.24, 2.45) is 0 Å². The summed E-state index contributed by atoms with van der Waals surface area (Å²) >= 11 is 0. The maximum absolute atomic E-state index is 13.5. The number of aromatic nitrogens is 1. The highest BCUT2D eigenvalue weighted by atomic mass is 19.2. The number of carbonyl (C=O) groups is 2. The molecule has 0 aliphatic rings. The molecule has 2 N–H and O–H groups in total. The summed E-state index contributed by atoms with van der Waals surface area (Å²) in [6.45, 7) is 0.638. The van der Waals surface area contributed by atoms with Gasteiger partial charge < -0.3 is 25.5 Å². The van der Waals surface area contributed by atoms with Gasteiger partial charge in [0.25, 0.3) is 5.91 Å². The van der Waals surface area contributed by atoms with E-state index < -0.39 is 58.3 Å². The molecule has 0 bridgehead atoms. The lowest BCUT2D eigenvalue weighted by Gasteiger charge is -2.14. The molecule has 2 amide bonds. The molecule has 0 unspecified atom stereocenters. The summed E-state index contributed by atoms with van der Waals surface area (Å²) in [6, 6.07) is 4.06. The summed E-state index contributed by atoms with van der Waals surface area (Å²) in [6.07, 6.45) is -0.0481. The molecule has 0 fully saturated rings.